The fourth-order valence-electron chi connectivity index (χ4n) is 1.74. The lowest BCUT2D eigenvalue weighted by atomic mass is 10.2. The number of rotatable bonds is 4. The predicted octanol–water partition coefficient (Wildman–Crippen LogP) is 0.741. The van der Waals surface area contributed by atoms with Crippen LogP contribution in [0.25, 0.3) is 0 Å². The van der Waals surface area contributed by atoms with Crippen molar-refractivity contribution < 1.29 is 4.74 Å². The van der Waals surface area contributed by atoms with Crippen molar-refractivity contribution in [3.05, 3.63) is 5.51 Å². The van der Waals surface area contributed by atoms with E-state index in [1.54, 1.807) is 16.8 Å². The van der Waals surface area contributed by atoms with Gasteiger partial charge in [0.25, 0.3) is 0 Å². The van der Waals surface area contributed by atoms with E-state index in [1.807, 2.05) is 0 Å². The van der Waals surface area contributed by atoms with Crippen LogP contribution in [0.4, 0.5) is 5.13 Å². The Labute approximate surface area is 99.8 Å². The summed E-state index contributed by atoms with van der Waals surface area (Å²) >= 11 is 1.59. The lowest BCUT2D eigenvalue weighted by molar-refractivity contribution is 0.0931. The van der Waals surface area contributed by atoms with Crippen LogP contribution >= 0.6 is 11.3 Å². The second-order valence-electron chi connectivity index (χ2n) is 4.21. The molecule has 5 nitrogen and oxygen atoms in total. The Kier molecular flexibility index (Phi) is 4.09. The molecule has 0 aliphatic carbocycles. The molecule has 0 amide bonds. The number of ether oxygens (including phenoxy) is 1. The van der Waals surface area contributed by atoms with E-state index in [0.717, 1.165) is 31.4 Å². The van der Waals surface area contributed by atoms with E-state index in [1.165, 1.54) is 0 Å². The normalized spacial score (nSPS) is 21.7. The number of hydrogen-bond acceptors (Lipinski definition) is 6. The number of morpholine rings is 1. The maximum Gasteiger partial charge on any atom is 0.208 e. The molecule has 6 heteroatoms. The van der Waals surface area contributed by atoms with Gasteiger partial charge in [-0.1, -0.05) is 25.2 Å². The average Bonchev–Trinajstić information content (AvgIpc) is 2.80. The molecule has 1 aliphatic rings. The van der Waals surface area contributed by atoms with Gasteiger partial charge in [-0.15, -0.1) is 10.2 Å². The Balaban J connectivity index is 1.97. The van der Waals surface area contributed by atoms with Crippen LogP contribution in [0.3, 0.4) is 0 Å². The van der Waals surface area contributed by atoms with Gasteiger partial charge in [0.2, 0.25) is 5.13 Å². The lowest BCUT2D eigenvalue weighted by Gasteiger charge is -2.35. The molecule has 1 unspecified atom stereocenters. The van der Waals surface area contributed by atoms with Crippen molar-refractivity contribution in [3.63, 3.8) is 0 Å². The molecular weight excluding hydrogens is 224 g/mol. The Bertz CT molecular complexity index is 304. The first-order valence-electron chi connectivity index (χ1n) is 5.61. The van der Waals surface area contributed by atoms with Gasteiger partial charge in [0, 0.05) is 19.1 Å². The molecule has 1 aromatic rings. The molecule has 1 saturated heterocycles. The second-order valence-corrected chi connectivity index (χ2v) is 5.02. The summed E-state index contributed by atoms with van der Waals surface area (Å²) in [7, 11) is 0. The maximum absolute atomic E-state index is 5.52. The molecule has 0 aromatic carbocycles. The van der Waals surface area contributed by atoms with Crippen molar-refractivity contribution in [2.24, 2.45) is 0 Å². The number of anilines is 1. The van der Waals surface area contributed by atoms with Gasteiger partial charge in [-0.2, -0.15) is 0 Å². The van der Waals surface area contributed by atoms with E-state index < -0.39 is 0 Å². The maximum atomic E-state index is 5.52. The summed E-state index contributed by atoms with van der Waals surface area (Å²) in [6.45, 7) is 7.67. The highest BCUT2D eigenvalue weighted by Crippen LogP contribution is 2.20. The van der Waals surface area contributed by atoms with E-state index in [-0.39, 0.29) is 0 Å². The van der Waals surface area contributed by atoms with Crippen molar-refractivity contribution in [1.82, 2.24) is 15.5 Å². The quantitative estimate of drug-likeness (QED) is 0.844. The summed E-state index contributed by atoms with van der Waals surface area (Å²) in [5.74, 6) is 0. The van der Waals surface area contributed by atoms with Gasteiger partial charge in [-0.05, 0) is 0 Å². The van der Waals surface area contributed by atoms with Crippen molar-refractivity contribution in [3.8, 4) is 0 Å². The Morgan fingerprint density at radius 1 is 1.69 bits per heavy atom. The van der Waals surface area contributed by atoms with E-state index in [4.69, 9.17) is 4.74 Å². The molecule has 1 atom stereocenters. The highest BCUT2D eigenvalue weighted by Gasteiger charge is 2.25. The number of nitrogens with one attached hydrogen (secondary N) is 1. The molecule has 0 bridgehead atoms. The highest BCUT2D eigenvalue weighted by molar-refractivity contribution is 7.13. The summed E-state index contributed by atoms with van der Waals surface area (Å²) in [5, 5.41) is 12.5. The van der Waals surface area contributed by atoms with Gasteiger partial charge in [0.1, 0.15) is 5.51 Å². The largest absolute Gasteiger partial charge is 0.377 e. The minimum Gasteiger partial charge on any atom is -0.377 e. The van der Waals surface area contributed by atoms with Crippen LogP contribution in [-0.2, 0) is 4.74 Å². The van der Waals surface area contributed by atoms with Crippen LogP contribution < -0.4 is 10.2 Å². The number of nitrogens with zero attached hydrogens (tertiary/aromatic N) is 3. The molecule has 0 spiro atoms. The number of aromatic nitrogens is 2. The van der Waals surface area contributed by atoms with Crippen LogP contribution in [0, 0.1) is 0 Å². The van der Waals surface area contributed by atoms with E-state index >= 15 is 0 Å². The monoisotopic (exact) mass is 242 g/mol. The van der Waals surface area contributed by atoms with Gasteiger partial charge in [0.15, 0.2) is 0 Å². The third-order valence-electron chi connectivity index (χ3n) is 2.58. The van der Waals surface area contributed by atoms with E-state index in [0.29, 0.717) is 12.1 Å². The predicted molar refractivity (Wildman–Crippen MR) is 65.0 cm³/mol. The molecule has 0 radical (unpaired) electrons. The van der Waals surface area contributed by atoms with Crippen molar-refractivity contribution >= 4 is 16.5 Å². The molecule has 1 aromatic heterocycles. The SMILES string of the molecule is CC(C)NCC1COCCN1c1nncs1. The van der Waals surface area contributed by atoms with Crippen LogP contribution in [0.2, 0.25) is 0 Å². The minimum atomic E-state index is 0.365. The molecule has 1 aliphatic heterocycles. The van der Waals surface area contributed by atoms with Gasteiger partial charge in [0.05, 0.1) is 19.3 Å². The molecular formula is C10H18N4OS. The molecule has 1 fully saturated rings. The fraction of sp³-hybridized carbons (Fsp3) is 0.800. The first-order valence-corrected chi connectivity index (χ1v) is 6.49. The van der Waals surface area contributed by atoms with Crippen LogP contribution in [0.1, 0.15) is 13.8 Å². The minimum absolute atomic E-state index is 0.365. The highest BCUT2D eigenvalue weighted by atomic mass is 32.1. The smallest absolute Gasteiger partial charge is 0.208 e. The summed E-state index contributed by atoms with van der Waals surface area (Å²) < 4.78 is 5.52. The Hall–Kier alpha value is -0.720. The second kappa shape index (κ2) is 5.56. The average molecular weight is 242 g/mol. The van der Waals surface area contributed by atoms with Crippen LogP contribution in [-0.4, -0.2) is 48.6 Å². The first kappa shape index (κ1) is 11.8. The molecule has 2 heterocycles. The topological polar surface area (TPSA) is 50.3 Å². The van der Waals surface area contributed by atoms with Gasteiger partial charge >= 0.3 is 0 Å². The van der Waals surface area contributed by atoms with E-state index in [9.17, 15) is 0 Å². The molecule has 90 valence electrons. The van der Waals surface area contributed by atoms with E-state index in [2.05, 4.69) is 34.3 Å². The zero-order valence-electron chi connectivity index (χ0n) is 9.72. The fourth-order valence-corrected chi connectivity index (χ4v) is 2.40. The van der Waals surface area contributed by atoms with Crippen molar-refractivity contribution in [1.29, 1.82) is 0 Å². The standard InChI is InChI=1S/C10H18N4OS/c1-8(2)11-5-9-6-15-4-3-14(9)10-13-12-7-16-10/h7-9,11H,3-6H2,1-2H3. The number of hydrogen-bond donors (Lipinski definition) is 1. The van der Waals surface area contributed by atoms with Gasteiger partial charge in [-0.3, -0.25) is 0 Å². The lowest BCUT2D eigenvalue weighted by Crippen LogP contribution is -2.51. The van der Waals surface area contributed by atoms with Crippen LogP contribution in [0.15, 0.2) is 5.51 Å². The van der Waals surface area contributed by atoms with Crippen LogP contribution in [0.5, 0.6) is 0 Å². The molecule has 2 rings (SSSR count). The first-order chi connectivity index (χ1) is 7.77. The Morgan fingerprint density at radius 3 is 3.25 bits per heavy atom. The van der Waals surface area contributed by atoms with Gasteiger partial charge < -0.3 is 15.0 Å². The zero-order chi connectivity index (χ0) is 11.4. The summed E-state index contributed by atoms with van der Waals surface area (Å²) in [5.41, 5.74) is 1.78. The third-order valence-corrected chi connectivity index (χ3v) is 3.31. The summed E-state index contributed by atoms with van der Waals surface area (Å²) in [4.78, 5) is 2.29. The van der Waals surface area contributed by atoms with Gasteiger partial charge in [-0.25, -0.2) is 0 Å². The Morgan fingerprint density at radius 2 is 2.56 bits per heavy atom. The van der Waals surface area contributed by atoms with Crippen molar-refractivity contribution in [2.75, 3.05) is 31.2 Å². The van der Waals surface area contributed by atoms with Crippen molar-refractivity contribution in [2.45, 2.75) is 25.9 Å². The summed E-state index contributed by atoms with van der Waals surface area (Å²) in [6.07, 6.45) is 0. The molecule has 16 heavy (non-hydrogen) atoms. The summed E-state index contributed by atoms with van der Waals surface area (Å²) in [6, 6.07) is 0.863. The molecule has 1 N–H and O–H groups in total. The third kappa shape index (κ3) is 2.90. The molecule has 0 saturated carbocycles. The zero-order valence-corrected chi connectivity index (χ0v) is 10.5.